The van der Waals surface area contributed by atoms with Crippen molar-refractivity contribution in [2.24, 2.45) is 0 Å². The van der Waals surface area contributed by atoms with E-state index in [0.717, 1.165) is 21.2 Å². The van der Waals surface area contributed by atoms with Crippen LogP contribution >= 0.6 is 11.3 Å². The normalized spacial score (nSPS) is 11.1. The van der Waals surface area contributed by atoms with Gasteiger partial charge in [0, 0.05) is 5.56 Å². The van der Waals surface area contributed by atoms with Crippen molar-refractivity contribution in [3.05, 3.63) is 41.0 Å². The molecule has 1 aromatic carbocycles. The van der Waals surface area contributed by atoms with Crippen molar-refractivity contribution in [1.29, 1.82) is 0 Å². The lowest BCUT2D eigenvalue weighted by atomic mass is 10.1. The zero-order valence-corrected chi connectivity index (χ0v) is 9.95. The summed E-state index contributed by atoms with van der Waals surface area (Å²) in [5.74, 6) is 0. The van der Waals surface area contributed by atoms with Crippen molar-refractivity contribution in [2.75, 3.05) is 0 Å². The van der Waals surface area contributed by atoms with Gasteiger partial charge in [-0.05, 0) is 13.8 Å². The molecule has 3 aromatic rings. The summed E-state index contributed by atoms with van der Waals surface area (Å²) in [6.07, 6.45) is 1.88. The lowest BCUT2D eigenvalue weighted by Crippen LogP contribution is -1.88. The molecule has 0 aliphatic carbocycles. The Morgan fingerprint density at radius 3 is 2.62 bits per heavy atom. The van der Waals surface area contributed by atoms with Crippen LogP contribution in [0.15, 0.2) is 30.5 Å². The molecular formula is C12H11N3S. The molecule has 3 nitrogen and oxygen atoms in total. The van der Waals surface area contributed by atoms with Crippen LogP contribution in [0.4, 0.5) is 0 Å². The largest absolute Gasteiger partial charge is 0.225 e. The van der Waals surface area contributed by atoms with Gasteiger partial charge in [-0.2, -0.15) is 5.10 Å². The number of hydrogen-bond donors (Lipinski definition) is 0. The number of rotatable bonds is 1. The molecule has 2 heterocycles. The zero-order chi connectivity index (χ0) is 11.1. The van der Waals surface area contributed by atoms with E-state index in [9.17, 15) is 0 Å². The van der Waals surface area contributed by atoms with E-state index in [1.807, 2.05) is 17.6 Å². The standard InChI is InChI=1S/C12H11N3S/c1-8-3-5-10(6-4-8)11-7-13-12-15(11)14-9(2)16-12/h3-7H,1-2H3. The van der Waals surface area contributed by atoms with Crippen molar-refractivity contribution < 1.29 is 0 Å². The van der Waals surface area contributed by atoms with E-state index in [1.54, 1.807) is 11.3 Å². The van der Waals surface area contributed by atoms with Gasteiger partial charge in [0.15, 0.2) is 0 Å². The molecule has 0 bridgehead atoms. The first-order valence-corrected chi connectivity index (χ1v) is 5.94. The predicted molar refractivity (Wildman–Crippen MR) is 65.8 cm³/mol. The first-order chi connectivity index (χ1) is 7.74. The van der Waals surface area contributed by atoms with E-state index in [4.69, 9.17) is 0 Å². The summed E-state index contributed by atoms with van der Waals surface area (Å²) in [6, 6.07) is 8.42. The first kappa shape index (κ1) is 9.54. The molecule has 0 saturated carbocycles. The molecule has 0 saturated heterocycles. The van der Waals surface area contributed by atoms with Gasteiger partial charge in [0.05, 0.1) is 11.9 Å². The fourth-order valence-electron chi connectivity index (χ4n) is 1.71. The van der Waals surface area contributed by atoms with Crippen LogP contribution in [-0.2, 0) is 0 Å². The van der Waals surface area contributed by atoms with E-state index < -0.39 is 0 Å². The van der Waals surface area contributed by atoms with E-state index in [1.165, 1.54) is 5.56 Å². The highest BCUT2D eigenvalue weighted by Gasteiger charge is 2.08. The Hall–Kier alpha value is -1.68. The van der Waals surface area contributed by atoms with Crippen molar-refractivity contribution in [1.82, 2.24) is 14.6 Å². The molecule has 0 spiro atoms. The molecular weight excluding hydrogens is 218 g/mol. The van der Waals surface area contributed by atoms with Gasteiger partial charge in [-0.3, -0.25) is 0 Å². The van der Waals surface area contributed by atoms with Crippen LogP contribution in [0.25, 0.3) is 16.2 Å². The fraction of sp³-hybridized carbons (Fsp3) is 0.167. The summed E-state index contributed by atoms with van der Waals surface area (Å²) in [6.45, 7) is 4.08. The van der Waals surface area contributed by atoms with Crippen molar-refractivity contribution in [3.63, 3.8) is 0 Å². The zero-order valence-electron chi connectivity index (χ0n) is 9.14. The van der Waals surface area contributed by atoms with Gasteiger partial charge in [-0.15, -0.1) is 0 Å². The number of aryl methyl sites for hydroxylation is 2. The van der Waals surface area contributed by atoms with E-state index >= 15 is 0 Å². The summed E-state index contributed by atoms with van der Waals surface area (Å²) in [5, 5.41) is 5.48. The monoisotopic (exact) mass is 229 g/mol. The minimum atomic E-state index is 0.952. The van der Waals surface area contributed by atoms with Crippen LogP contribution in [0, 0.1) is 13.8 Å². The van der Waals surface area contributed by atoms with Crippen LogP contribution < -0.4 is 0 Å². The maximum absolute atomic E-state index is 4.44. The summed E-state index contributed by atoms with van der Waals surface area (Å²) in [4.78, 5) is 5.31. The Morgan fingerprint density at radius 1 is 1.12 bits per heavy atom. The van der Waals surface area contributed by atoms with Crippen molar-refractivity contribution in [3.8, 4) is 11.3 Å². The van der Waals surface area contributed by atoms with E-state index in [2.05, 4.69) is 41.3 Å². The second kappa shape index (κ2) is 3.42. The average molecular weight is 229 g/mol. The molecule has 0 aliphatic rings. The summed E-state index contributed by atoms with van der Waals surface area (Å²) < 4.78 is 1.91. The minimum absolute atomic E-state index is 0.952. The Kier molecular flexibility index (Phi) is 2.04. The van der Waals surface area contributed by atoms with Crippen LogP contribution in [0.5, 0.6) is 0 Å². The molecule has 16 heavy (non-hydrogen) atoms. The Bertz CT molecular complexity index is 634. The summed E-state index contributed by atoms with van der Waals surface area (Å²) in [5.41, 5.74) is 3.47. The van der Waals surface area contributed by atoms with Gasteiger partial charge in [-0.25, -0.2) is 9.50 Å². The topological polar surface area (TPSA) is 30.2 Å². The molecule has 0 N–H and O–H groups in total. The second-order valence-corrected chi connectivity index (χ2v) is 4.99. The molecule has 0 aliphatic heterocycles. The SMILES string of the molecule is Cc1ccc(-c2cnc3sc(C)nn23)cc1. The molecule has 3 rings (SSSR count). The maximum atomic E-state index is 4.44. The lowest BCUT2D eigenvalue weighted by Gasteiger charge is -1.98. The number of aromatic nitrogens is 3. The lowest BCUT2D eigenvalue weighted by molar-refractivity contribution is 0.953. The second-order valence-electron chi connectivity index (χ2n) is 3.82. The molecule has 0 unspecified atom stereocenters. The third-order valence-electron chi connectivity index (χ3n) is 2.53. The molecule has 0 radical (unpaired) electrons. The van der Waals surface area contributed by atoms with Gasteiger partial charge in [0.1, 0.15) is 5.01 Å². The number of nitrogens with zero attached hydrogens (tertiary/aromatic N) is 3. The Labute approximate surface area is 97.4 Å². The third kappa shape index (κ3) is 1.42. The van der Waals surface area contributed by atoms with E-state index in [0.29, 0.717) is 0 Å². The number of fused-ring (bicyclic) bond motifs is 1. The number of imidazole rings is 1. The first-order valence-electron chi connectivity index (χ1n) is 5.12. The van der Waals surface area contributed by atoms with E-state index in [-0.39, 0.29) is 0 Å². The van der Waals surface area contributed by atoms with Crippen molar-refractivity contribution in [2.45, 2.75) is 13.8 Å². The highest BCUT2D eigenvalue weighted by Crippen LogP contribution is 2.23. The Morgan fingerprint density at radius 2 is 1.88 bits per heavy atom. The highest BCUT2D eigenvalue weighted by molar-refractivity contribution is 7.16. The van der Waals surface area contributed by atoms with Gasteiger partial charge in [0.2, 0.25) is 4.96 Å². The number of hydrogen-bond acceptors (Lipinski definition) is 3. The van der Waals surface area contributed by atoms with Gasteiger partial charge >= 0.3 is 0 Å². The van der Waals surface area contributed by atoms with Crippen LogP contribution in [0.2, 0.25) is 0 Å². The third-order valence-corrected chi connectivity index (χ3v) is 3.37. The average Bonchev–Trinajstić information content (AvgIpc) is 2.78. The molecule has 0 atom stereocenters. The summed E-state index contributed by atoms with van der Waals surface area (Å²) >= 11 is 1.61. The molecule has 80 valence electrons. The summed E-state index contributed by atoms with van der Waals surface area (Å²) in [7, 11) is 0. The van der Waals surface area contributed by atoms with Crippen LogP contribution in [0.3, 0.4) is 0 Å². The minimum Gasteiger partial charge on any atom is -0.225 e. The number of benzene rings is 1. The van der Waals surface area contributed by atoms with Crippen LogP contribution in [-0.4, -0.2) is 14.6 Å². The molecule has 4 heteroatoms. The van der Waals surface area contributed by atoms with Gasteiger partial charge in [-0.1, -0.05) is 41.2 Å². The maximum Gasteiger partial charge on any atom is 0.212 e. The fourth-order valence-corrected chi connectivity index (χ4v) is 2.43. The molecule has 2 aromatic heterocycles. The molecule has 0 amide bonds. The van der Waals surface area contributed by atoms with Crippen molar-refractivity contribution >= 4 is 16.3 Å². The smallest absolute Gasteiger partial charge is 0.212 e. The van der Waals surface area contributed by atoms with Gasteiger partial charge in [0.25, 0.3) is 0 Å². The quantitative estimate of drug-likeness (QED) is 0.642. The predicted octanol–water partition coefficient (Wildman–Crippen LogP) is 3.07. The van der Waals surface area contributed by atoms with Gasteiger partial charge < -0.3 is 0 Å². The Balaban J connectivity index is 2.21. The molecule has 0 fully saturated rings. The van der Waals surface area contributed by atoms with Crippen LogP contribution in [0.1, 0.15) is 10.6 Å². The highest BCUT2D eigenvalue weighted by atomic mass is 32.1.